The fourth-order valence-corrected chi connectivity index (χ4v) is 2.72. The van der Waals surface area contributed by atoms with E-state index in [0.29, 0.717) is 12.0 Å². The van der Waals surface area contributed by atoms with Crippen LogP contribution in [0.3, 0.4) is 0 Å². The van der Waals surface area contributed by atoms with Crippen LogP contribution in [0.15, 0.2) is 59.9 Å². The molecule has 0 bridgehead atoms. The first kappa shape index (κ1) is 10.5. The number of allylic oxidation sites excluding steroid dienone is 2. The molecular weight excluding hydrogens is 234 g/mol. The molecule has 0 spiro atoms. The SMILES string of the molecule is C1=CC2NN=CC2C=C1c1cccc2ncccc12. The van der Waals surface area contributed by atoms with Gasteiger partial charge >= 0.3 is 0 Å². The molecule has 3 nitrogen and oxygen atoms in total. The summed E-state index contributed by atoms with van der Waals surface area (Å²) in [5.74, 6) is 0.354. The molecule has 0 saturated heterocycles. The van der Waals surface area contributed by atoms with Crippen molar-refractivity contribution < 1.29 is 0 Å². The predicted molar refractivity (Wildman–Crippen MR) is 77.8 cm³/mol. The summed E-state index contributed by atoms with van der Waals surface area (Å²) < 4.78 is 0. The minimum Gasteiger partial charge on any atom is -0.302 e. The number of nitrogens with one attached hydrogen (secondary N) is 1. The average molecular weight is 247 g/mol. The van der Waals surface area contributed by atoms with E-state index in [1.54, 1.807) is 0 Å². The van der Waals surface area contributed by atoms with Gasteiger partial charge in [0.15, 0.2) is 0 Å². The van der Waals surface area contributed by atoms with E-state index < -0.39 is 0 Å². The summed E-state index contributed by atoms with van der Waals surface area (Å²) >= 11 is 0. The number of hydrazone groups is 1. The first-order chi connectivity index (χ1) is 9.42. The van der Waals surface area contributed by atoms with Gasteiger partial charge in [-0.1, -0.05) is 36.4 Å². The van der Waals surface area contributed by atoms with Crippen molar-refractivity contribution in [2.24, 2.45) is 11.0 Å². The molecule has 1 aliphatic carbocycles. The van der Waals surface area contributed by atoms with Gasteiger partial charge in [0.25, 0.3) is 0 Å². The van der Waals surface area contributed by atoms with E-state index in [1.807, 2.05) is 24.5 Å². The molecule has 92 valence electrons. The van der Waals surface area contributed by atoms with E-state index in [-0.39, 0.29) is 0 Å². The summed E-state index contributed by atoms with van der Waals surface area (Å²) in [5.41, 5.74) is 6.61. The average Bonchev–Trinajstić information content (AvgIpc) is 2.94. The minimum absolute atomic E-state index is 0.317. The van der Waals surface area contributed by atoms with Crippen molar-refractivity contribution in [3.8, 4) is 0 Å². The van der Waals surface area contributed by atoms with E-state index >= 15 is 0 Å². The zero-order chi connectivity index (χ0) is 12.7. The Bertz CT molecular complexity index is 722. The lowest BCUT2D eigenvalue weighted by Gasteiger charge is -2.18. The van der Waals surface area contributed by atoms with Gasteiger partial charge in [-0.15, -0.1) is 0 Å². The molecule has 4 rings (SSSR count). The highest BCUT2D eigenvalue weighted by molar-refractivity contribution is 5.95. The molecule has 1 aliphatic heterocycles. The van der Waals surface area contributed by atoms with Gasteiger partial charge in [0.1, 0.15) is 0 Å². The van der Waals surface area contributed by atoms with Gasteiger partial charge in [-0.3, -0.25) is 4.98 Å². The van der Waals surface area contributed by atoms with Crippen LogP contribution in [0.5, 0.6) is 0 Å². The normalized spacial score (nSPS) is 24.1. The first-order valence-electron chi connectivity index (χ1n) is 6.45. The number of fused-ring (bicyclic) bond motifs is 2. The topological polar surface area (TPSA) is 37.3 Å². The van der Waals surface area contributed by atoms with Crippen LogP contribution in [0.2, 0.25) is 0 Å². The second-order valence-corrected chi connectivity index (χ2v) is 4.87. The molecule has 0 radical (unpaired) electrons. The van der Waals surface area contributed by atoms with Gasteiger partial charge in [-0.2, -0.15) is 5.10 Å². The Hall–Kier alpha value is -2.42. The molecule has 19 heavy (non-hydrogen) atoms. The molecule has 2 atom stereocenters. The monoisotopic (exact) mass is 247 g/mol. The number of benzene rings is 1. The van der Waals surface area contributed by atoms with E-state index in [4.69, 9.17) is 0 Å². The second-order valence-electron chi connectivity index (χ2n) is 4.87. The largest absolute Gasteiger partial charge is 0.302 e. The predicted octanol–water partition coefficient (Wildman–Crippen LogP) is 2.76. The molecule has 1 N–H and O–H groups in total. The molecule has 0 fully saturated rings. The van der Waals surface area contributed by atoms with Crippen LogP contribution < -0.4 is 5.43 Å². The highest BCUT2D eigenvalue weighted by Gasteiger charge is 2.23. The van der Waals surface area contributed by atoms with Crippen LogP contribution in [0.25, 0.3) is 16.5 Å². The third kappa shape index (κ3) is 1.66. The van der Waals surface area contributed by atoms with Crippen molar-refractivity contribution in [2.45, 2.75) is 6.04 Å². The lowest BCUT2D eigenvalue weighted by molar-refractivity contribution is 0.624. The molecule has 1 aromatic heterocycles. The zero-order valence-corrected chi connectivity index (χ0v) is 10.3. The Kier molecular flexibility index (Phi) is 2.24. The molecule has 3 heteroatoms. The molecule has 0 amide bonds. The molecule has 2 unspecified atom stereocenters. The van der Waals surface area contributed by atoms with Crippen molar-refractivity contribution >= 4 is 22.7 Å². The van der Waals surface area contributed by atoms with Crippen molar-refractivity contribution in [3.63, 3.8) is 0 Å². The third-order valence-corrected chi connectivity index (χ3v) is 3.70. The van der Waals surface area contributed by atoms with Crippen molar-refractivity contribution in [3.05, 3.63) is 60.3 Å². The number of pyridine rings is 1. The van der Waals surface area contributed by atoms with Crippen LogP contribution in [-0.2, 0) is 0 Å². The molecule has 2 heterocycles. The standard InChI is InChI=1S/C16H13N3/c1-3-13(14-4-2-8-17-16(14)5-1)11-6-7-15-12(9-11)10-18-19-15/h1-10,12,15,19H. The summed E-state index contributed by atoms with van der Waals surface area (Å²) in [5, 5.41) is 5.33. The molecule has 2 aliphatic rings. The smallest absolute Gasteiger partial charge is 0.0736 e. The number of aromatic nitrogens is 1. The van der Waals surface area contributed by atoms with Crippen molar-refractivity contribution in [2.75, 3.05) is 0 Å². The Morgan fingerprint density at radius 1 is 1.11 bits per heavy atom. The van der Waals surface area contributed by atoms with Gasteiger partial charge in [0.05, 0.1) is 11.6 Å². The Morgan fingerprint density at radius 3 is 3.11 bits per heavy atom. The summed E-state index contributed by atoms with van der Waals surface area (Å²) in [6.07, 6.45) is 10.4. The second kappa shape index (κ2) is 4.05. The number of hydrogen-bond donors (Lipinski definition) is 1. The maximum Gasteiger partial charge on any atom is 0.0736 e. The van der Waals surface area contributed by atoms with Crippen LogP contribution in [-0.4, -0.2) is 17.2 Å². The van der Waals surface area contributed by atoms with E-state index in [9.17, 15) is 0 Å². The van der Waals surface area contributed by atoms with Crippen molar-refractivity contribution in [1.82, 2.24) is 10.4 Å². The minimum atomic E-state index is 0.317. The van der Waals surface area contributed by atoms with Crippen LogP contribution in [0.4, 0.5) is 0 Å². The summed E-state index contributed by atoms with van der Waals surface area (Å²) in [6, 6.07) is 10.7. The van der Waals surface area contributed by atoms with Crippen LogP contribution in [0, 0.1) is 5.92 Å². The van der Waals surface area contributed by atoms with Crippen molar-refractivity contribution in [1.29, 1.82) is 0 Å². The van der Waals surface area contributed by atoms with Gasteiger partial charge in [0.2, 0.25) is 0 Å². The Balaban J connectivity index is 1.87. The van der Waals surface area contributed by atoms with E-state index in [1.165, 1.54) is 16.5 Å². The molecule has 0 saturated carbocycles. The number of rotatable bonds is 1. The maximum absolute atomic E-state index is 4.41. The molecule has 1 aromatic carbocycles. The summed E-state index contributed by atoms with van der Waals surface area (Å²) in [4.78, 5) is 4.41. The highest BCUT2D eigenvalue weighted by atomic mass is 15.3. The van der Waals surface area contributed by atoms with Gasteiger partial charge in [0, 0.05) is 23.7 Å². The summed E-state index contributed by atoms with van der Waals surface area (Å²) in [6.45, 7) is 0. The molecule has 2 aromatic rings. The lowest BCUT2D eigenvalue weighted by Crippen LogP contribution is -2.25. The van der Waals surface area contributed by atoms with E-state index in [2.05, 4.69) is 51.9 Å². The fourth-order valence-electron chi connectivity index (χ4n) is 2.72. The van der Waals surface area contributed by atoms with E-state index in [0.717, 1.165) is 5.52 Å². The molecular formula is C16H13N3. The first-order valence-corrected chi connectivity index (χ1v) is 6.45. The van der Waals surface area contributed by atoms with Gasteiger partial charge in [-0.25, -0.2) is 0 Å². The Morgan fingerprint density at radius 2 is 2.11 bits per heavy atom. The maximum atomic E-state index is 4.41. The third-order valence-electron chi connectivity index (χ3n) is 3.70. The van der Waals surface area contributed by atoms with Crippen LogP contribution >= 0.6 is 0 Å². The van der Waals surface area contributed by atoms with Crippen LogP contribution in [0.1, 0.15) is 5.56 Å². The van der Waals surface area contributed by atoms with Gasteiger partial charge < -0.3 is 5.43 Å². The number of hydrogen-bond acceptors (Lipinski definition) is 3. The fraction of sp³-hybridized carbons (Fsp3) is 0.125. The lowest BCUT2D eigenvalue weighted by atomic mass is 9.89. The highest BCUT2D eigenvalue weighted by Crippen LogP contribution is 2.30. The Labute approximate surface area is 111 Å². The van der Waals surface area contributed by atoms with Gasteiger partial charge in [-0.05, 0) is 23.3 Å². The number of nitrogens with zero attached hydrogens (tertiary/aromatic N) is 2. The quantitative estimate of drug-likeness (QED) is 0.841. The zero-order valence-electron chi connectivity index (χ0n) is 10.3. The summed E-state index contributed by atoms with van der Waals surface area (Å²) in [7, 11) is 0.